The number of hydrogen-bond acceptors (Lipinski definition) is 2. The molecule has 0 aromatic carbocycles. The molecule has 1 nitrogen and oxygen atoms in total. The van der Waals surface area contributed by atoms with Crippen LogP contribution in [0, 0.1) is 12.3 Å². The Kier molecular flexibility index (Phi) is 1.46. The molecule has 12 heavy (non-hydrogen) atoms. The highest BCUT2D eigenvalue weighted by Crippen LogP contribution is 2.61. The maximum Gasteiger partial charge on any atom is 0.0562 e. The Hall–Kier alpha value is -0.340. The van der Waals surface area contributed by atoms with Crippen LogP contribution >= 0.6 is 11.3 Å². The Morgan fingerprint density at radius 3 is 2.42 bits per heavy atom. The molecule has 0 saturated heterocycles. The SMILES string of the molecule is Cc1csc(C2(N)CC2(C)C)c1. The van der Waals surface area contributed by atoms with Gasteiger partial charge in [-0.2, -0.15) is 0 Å². The summed E-state index contributed by atoms with van der Waals surface area (Å²) >= 11 is 1.80. The highest BCUT2D eigenvalue weighted by Gasteiger charge is 2.60. The smallest absolute Gasteiger partial charge is 0.0562 e. The van der Waals surface area contributed by atoms with Gasteiger partial charge in [0.05, 0.1) is 5.54 Å². The van der Waals surface area contributed by atoms with Gasteiger partial charge in [-0.25, -0.2) is 0 Å². The molecule has 1 fully saturated rings. The normalized spacial score (nSPS) is 32.0. The van der Waals surface area contributed by atoms with Gasteiger partial charge in [0.15, 0.2) is 0 Å². The topological polar surface area (TPSA) is 26.0 Å². The summed E-state index contributed by atoms with van der Waals surface area (Å²) in [6, 6.07) is 2.22. The van der Waals surface area contributed by atoms with Gasteiger partial charge in [0, 0.05) is 4.88 Å². The molecule has 1 atom stereocenters. The summed E-state index contributed by atoms with van der Waals surface area (Å²) in [5.41, 5.74) is 7.89. The van der Waals surface area contributed by atoms with Gasteiger partial charge in [-0.05, 0) is 35.8 Å². The lowest BCUT2D eigenvalue weighted by atomic mass is 10.0. The molecule has 0 aliphatic heterocycles. The molecule has 1 aromatic heterocycles. The summed E-state index contributed by atoms with van der Waals surface area (Å²) in [7, 11) is 0. The first-order valence-electron chi connectivity index (χ1n) is 4.30. The van der Waals surface area contributed by atoms with Crippen LogP contribution in [0.25, 0.3) is 0 Å². The first-order chi connectivity index (χ1) is 5.46. The lowest BCUT2D eigenvalue weighted by molar-refractivity contribution is 0.516. The fourth-order valence-corrected chi connectivity index (χ4v) is 2.93. The predicted molar refractivity (Wildman–Crippen MR) is 53.3 cm³/mol. The quantitative estimate of drug-likeness (QED) is 0.708. The van der Waals surface area contributed by atoms with E-state index in [1.165, 1.54) is 10.4 Å². The van der Waals surface area contributed by atoms with Crippen molar-refractivity contribution < 1.29 is 0 Å². The van der Waals surface area contributed by atoms with Gasteiger partial charge in [0.1, 0.15) is 0 Å². The molecule has 2 rings (SSSR count). The summed E-state index contributed by atoms with van der Waals surface area (Å²) in [6.45, 7) is 6.60. The molecule has 0 radical (unpaired) electrons. The second kappa shape index (κ2) is 2.12. The maximum absolute atomic E-state index is 6.27. The zero-order chi connectivity index (χ0) is 8.98. The molecule has 1 aliphatic rings. The van der Waals surface area contributed by atoms with E-state index in [-0.39, 0.29) is 5.54 Å². The van der Waals surface area contributed by atoms with Crippen molar-refractivity contribution in [3.8, 4) is 0 Å². The molecule has 1 aromatic rings. The van der Waals surface area contributed by atoms with E-state index in [0.717, 1.165) is 6.42 Å². The van der Waals surface area contributed by atoms with Crippen LogP contribution in [0.3, 0.4) is 0 Å². The van der Waals surface area contributed by atoms with Gasteiger partial charge in [-0.3, -0.25) is 0 Å². The van der Waals surface area contributed by atoms with Crippen molar-refractivity contribution >= 4 is 11.3 Å². The number of thiophene rings is 1. The van der Waals surface area contributed by atoms with Crippen molar-refractivity contribution in [1.29, 1.82) is 0 Å². The third-order valence-corrected chi connectivity index (χ3v) is 4.20. The molecule has 66 valence electrons. The van der Waals surface area contributed by atoms with Gasteiger partial charge in [0.25, 0.3) is 0 Å². The largest absolute Gasteiger partial charge is 0.320 e. The fourth-order valence-electron chi connectivity index (χ4n) is 1.74. The predicted octanol–water partition coefficient (Wildman–Crippen LogP) is 2.64. The van der Waals surface area contributed by atoms with Crippen LogP contribution in [0.4, 0.5) is 0 Å². The van der Waals surface area contributed by atoms with Gasteiger partial charge in [-0.15, -0.1) is 11.3 Å². The molecule has 2 N–H and O–H groups in total. The summed E-state index contributed by atoms with van der Waals surface area (Å²) < 4.78 is 0. The number of aryl methyl sites for hydroxylation is 1. The highest BCUT2D eigenvalue weighted by molar-refractivity contribution is 7.10. The summed E-state index contributed by atoms with van der Waals surface area (Å²) in [4.78, 5) is 1.35. The summed E-state index contributed by atoms with van der Waals surface area (Å²) in [6.07, 6.45) is 1.12. The lowest BCUT2D eigenvalue weighted by Crippen LogP contribution is -2.24. The second-order valence-corrected chi connectivity index (χ2v) is 5.43. The Balaban J connectivity index is 2.34. The monoisotopic (exact) mass is 181 g/mol. The van der Waals surface area contributed by atoms with E-state index in [2.05, 4.69) is 32.2 Å². The Labute approximate surface area is 77.6 Å². The third kappa shape index (κ3) is 0.947. The van der Waals surface area contributed by atoms with Crippen LogP contribution in [-0.4, -0.2) is 0 Å². The first-order valence-corrected chi connectivity index (χ1v) is 5.18. The molecular weight excluding hydrogens is 166 g/mol. The van der Waals surface area contributed by atoms with Crippen LogP contribution in [-0.2, 0) is 5.54 Å². The molecule has 0 amide bonds. The third-order valence-electron chi connectivity index (χ3n) is 2.97. The van der Waals surface area contributed by atoms with E-state index in [1.807, 2.05) is 0 Å². The van der Waals surface area contributed by atoms with Crippen LogP contribution in [0.15, 0.2) is 11.4 Å². The van der Waals surface area contributed by atoms with E-state index in [9.17, 15) is 0 Å². The van der Waals surface area contributed by atoms with Gasteiger partial charge < -0.3 is 5.73 Å². The minimum absolute atomic E-state index is 0.0219. The summed E-state index contributed by atoms with van der Waals surface area (Å²) in [5, 5.41) is 2.18. The van der Waals surface area contributed by atoms with Crippen molar-refractivity contribution in [2.75, 3.05) is 0 Å². The molecule has 1 heterocycles. The van der Waals surface area contributed by atoms with Crippen molar-refractivity contribution in [3.05, 3.63) is 21.9 Å². The summed E-state index contributed by atoms with van der Waals surface area (Å²) in [5.74, 6) is 0. The van der Waals surface area contributed by atoms with Crippen molar-refractivity contribution in [1.82, 2.24) is 0 Å². The van der Waals surface area contributed by atoms with E-state index < -0.39 is 0 Å². The highest BCUT2D eigenvalue weighted by atomic mass is 32.1. The fraction of sp³-hybridized carbons (Fsp3) is 0.600. The molecule has 0 bridgehead atoms. The number of nitrogens with two attached hydrogens (primary N) is 1. The molecule has 2 heteroatoms. The molecule has 1 aliphatic carbocycles. The van der Waals surface area contributed by atoms with E-state index in [4.69, 9.17) is 5.73 Å². The second-order valence-electron chi connectivity index (χ2n) is 4.52. The van der Waals surface area contributed by atoms with Crippen molar-refractivity contribution in [3.63, 3.8) is 0 Å². The zero-order valence-corrected chi connectivity index (χ0v) is 8.66. The van der Waals surface area contributed by atoms with Crippen LogP contribution in [0.1, 0.15) is 30.7 Å². The Morgan fingerprint density at radius 2 is 2.08 bits per heavy atom. The molecule has 0 spiro atoms. The molecular formula is C10H15NS. The van der Waals surface area contributed by atoms with Crippen LogP contribution in [0.5, 0.6) is 0 Å². The van der Waals surface area contributed by atoms with E-state index in [0.29, 0.717) is 5.41 Å². The van der Waals surface area contributed by atoms with Crippen molar-refractivity contribution in [2.24, 2.45) is 11.1 Å². The Morgan fingerprint density at radius 1 is 1.50 bits per heavy atom. The maximum atomic E-state index is 6.27. The standard InChI is InChI=1S/C10H15NS/c1-7-4-8(12-5-7)10(11)6-9(10,2)3/h4-5H,6,11H2,1-3H3. The van der Waals surface area contributed by atoms with Gasteiger partial charge in [0.2, 0.25) is 0 Å². The average Bonchev–Trinajstić information content (AvgIpc) is 2.37. The molecule has 1 unspecified atom stereocenters. The average molecular weight is 181 g/mol. The van der Waals surface area contributed by atoms with Crippen molar-refractivity contribution in [2.45, 2.75) is 32.7 Å². The number of hydrogen-bond donors (Lipinski definition) is 1. The van der Waals surface area contributed by atoms with E-state index >= 15 is 0 Å². The van der Waals surface area contributed by atoms with Crippen LogP contribution < -0.4 is 5.73 Å². The first kappa shape index (κ1) is 8.27. The minimum Gasteiger partial charge on any atom is -0.320 e. The van der Waals surface area contributed by atoms with Gasteiger partial charge >= 0.3 is 0 Å². The van der Waals surface area contributed by atoms with E-state index in [1.54, 1.807) is 11.3 Å². The number of rotatable bonds is 1. The molecule has 1 saturated carbocycles. The minimum atomic E-state index is -0.0219. The zero-order valence-electron chi connectivity index (χ0n) is 7.85. The van der Waals surface area contributed by atoms with Gasteiger partial charge in [-0.1, -0.05) is 13.8 Å². The Bertz CT molecular complexity index is 313. The van der Waals surface area contributed by atoms with Crippen LogP contribution in [0.2, 0.25) is 0 Å². The lowest BCUT2D eigenvalue weighted by Gasteiger charge is -2.11.